The second-order valence-electron chi connectivity index (χ2n) is 6.91. The molecule has 1 aliphatic rings. The summed E-state index contributed by atoms with van der Waals surface area (Å²) in [5.41, 5.74) is 6.00. The second kappa shape index (κ2) is 5.60. The molecule has 136 valence electrons. The van der Waals surface area contributed by atoms with E-state index >= 15 is 0 Å². The SMILES string of the molecule is Cn1ccc2cc(-c3cnc4cnc(-c5ccc6c(c5)OCO6)cn34)ccc21. The van der Waals surface area contributed by atoms with Crippen molar-refractivity contribution < 1.29 is 9.47 Å². The Hall–Kier alpha value is -3.80. The van der Waals surface area contributed by atoms with E-state index in [1.807, 2.05) is 30.6 Å². The highest BCUT2D eigenvalue weighted by Crippen LogP contribution is 2.35. The number of aryl methyl sites for hydroxylation is 1. The van der Waals surface area contributed by atoms with Gasteiger partial charge in [0.1, 0.15) is 0 Å². The molecule has 0 atom stereocenters. The molecular weight excluding hydrogens is 352 g/mol. The molecule has 0 unspecified atom stereocenters. The highest BCUT2D eigenvalue weighted by atomic mass is 16.7. The topological polar surface area (TPSA) is 53.6 Å². The number of benzene rings is 2. The fourth-order valence-corrected chi connectivity index (χ4v) is 3.75. The third kappa shape index (κ3) is 2.21. The number of aromatic nitrogens is 4. The Labute approximate surface area is 160 Å². The van der Waals surface area contributed by atoms with Crippen LogP contribution in [0.15, 0.2) is 67.3 Å². The van der Waals surface area contributed by atoms with Gasteiger partial charge in [-0.15, -0.1) is 0 Å². The molecule has 4 heterocycles. The Morgan fingerprint density at radius 2 is 1.79 bits per heavy atom. The van der Waals surface area contributed by atoms with Gasteiger partial charge in [0.25, 0.3) is 0 Å². The quantitative estimate of drug-likeness (QED) is 0.467. The zero-order valence-electron chi connectivity index (χ0n) is 15.2. The van der Waals surface area contributed by atoms with E-state index in [1.54, 1.807) is 6.20 Å². The van der Waals surface area contributed by atoms with Gasteiger partial charge >= 0.3 is 0 Å². The number of imidazole rings is 1. The molecule has 0 spiro atoms. The first-order valence-corrected chi connectivity index (χ1v) is 9.05. The molecule has 1 aliphatic heterocycles. The van der Waals surface area contributed by atoms with Gasteiger partial charge in [-0.05, 0) is 36.4 Å². The summed E-state index contributed by atoms with van der Waals surface area (Å²) < 4.78 is 15.1. The lowest BCUT2D eigenvalue weighted by atomic mass is 10.1. The van der Waals surface area contributed by atoms with Crippen LogP contribution in [-0.2, 0) is 7.05 Å². The van der Waals surface area contributed by atoms with Gasteiger partial charge in [-0.25, -0.2) is 4.98 Å². The van der Waals surface area contributed by atoms with Crippen molar-refractivity contribution in [2.45, 2.75) is 0 Å². The molecule has 0 aliphatic carbocycles. The first-order chi connectivity index (χ1) is 13.8. The van der Waals surface area contributed by atoms with Gasteiger partial charge in [-0.1, -0.05) is 6.07 Å². The number of hydrogen-bond acceptors (Lipinski definition) is 4. The van der Waals surface area contributed by atoms with Gasteiger partial charge < -0.3 is 14.0 Å². The first-order valence-electron chi connectivity index (χ1n) is 9.05. The number of nitrogens with zero attached hydrogens (tertiary/aromatic N) is 4. The van der Waals surface area contributed by atoms with Crippen LogP contribution in [0.3, 0.4) is 0 Å². The van der Waals surface area contributed by atoms with Crippen molar-refractivity contribution in [2.75, 3.05) is 6.79 Å². The standard InChI is InChI=1S/C22H16N4O2/c1-25-7-6-16-8-15(2-4-18(16)25)19-10-24-22-11-23-17(12-26(19)22)14-3-5-20-21(9-14)28-13-27-20/h2-12H,13H2,1H3. The zero-order chi connectivity index (χ0) is 18.7. The lowest BCUT2D eigenvalue weighted by Gasteiger charge is -2.07. The third-order valence-corrected chi connectivity index (χ3v) is 5.25. The molecule has 2 aromatic carbocycles. The molecule has 0 amide bonds. The maximum atomic E-state index is 5.50. The van der Waals surface area contributed by atoms with Crippen LogP contribution in [0.4, 0.5) is 0 Å². The van der Waals surface area contributed by atoms with Gasteiger partial charge in [0.2, 0.25) is 6.79 Å². The van der Waals surface area contributed by atoms with Crippen LogP contribution in [-0.4, -0.2) is 25.7 Å². The van der Waals surface area contributed by atoms with E-state index in [0.29, 0.717) is 0 Å². The zero-order valence-corrected chi connectivity index (χ0v) is 15.2. The summed E-state index contributed by atoms with van der Waals surface area (Å²) in [6.45, 7) is 0.263. The van der Waals surface area contributed by atoms with Gasteiger partial charge in [-0.2, -0.15) is 0 Å². The number of hydrogen-bond donors (Lipinski definition) is 0. The average Bonchev–Trinajstić information content (AvgIpc) is 3.45. The van der Waals surface area contributed by atoms with Gasteiger partial charge in [-0.3, -0.25) is 9.38 Å². The third-order valence-electron chi connectivity index (χ3n) is 5.25. The van der Waals surface area contributed by atoms with E-state index in [0.717, 1.165) is 39.7 Å². The minimum Gasteiger partial charge on any atom is -0.454 e. The van der Waals surface area contributed by atoms with Crippen LogP contribution in [0.1, 0.15) is 0 Å². The molecule has 6 rings (SSSR count). The lowest BCUT2D eigenvalue weighted by molar-refractivity contribution is 0.174. The van der Waals surface area contributed by atoms with Crippen LogP contribution >= 0.6 is 0 Å². The van der Waals surface area contributed by atoms with E-state index < -0.39 is 0 Å². The summed E-state index contributed by atoms with van der Waals surface area (Å²) in [5, 5.41) is 1.21. The van der Waals surface area contributed by atoms with Crippen molar-refractivity contribution in [3.63, 3.8) is 0 Å². The summed E-state index contributed by atoms with van der Waals surface area (Å²) in [6.07, 6.45) is 7.78. The Morgan fingerprint density at radius 1 is 0.893 bits per heavy atom. The van der Waals surface area contributed by atoms with Crippen molar-refractivity contribution in [1.29, 1.82) is 0 Å². The van der Waals surface area contributed by atoms with Crippen LogP contribution in [0.5, 0.6) is 11.5 Å². The molecule has 5 aromatic rings. The Balaban J connectivity index is 1.49. The number of rotatable bonds is 2. The minimum atomic E-state index is 0.263. The molecule has 0 radical (unpaired) electrons. The second-order valence-corrected chi connectivity index (χ2v) is 6.91. The molecule has 6 nitrogen and oxygen atoms in total. The minimum absolute atomic E-state index is 0.263. The fourth-order valence-electron chi connectivity index (χ4n) is 3.75. The molecule has 0 saturated carbocycles. The Kier molecular flexibility index (Phi) is 3.05. The lowest BCUT2D eigenvalue weighted by Crippen LogP contribution is -1.93. The average molecular weight is 368 g/mol. The van der Waals surface area contributed by atoms with Gasteiger partial charge in [0.15, 0.2) is 17.1 Å². The van der Waals surface area contributed by atoms with Crippen LogP contribution in [0, 0.1) is 0 Å². The van der Waals surface area contributed by atoms with Crippen molar-refractivity contribution in [1.82, 2.24) is 18.9 Å². The molecule has 0 N–H and O–H groups in total. The van der Waals surface area contributed by atoms with E-state index in [1.165, 1.54) is 10.9 Å². The summed E-state index contributed by atoms with van der Waals surface area (Å²) in [6, 6.07) is 14.5. The molecule has 0 saturated heterocycles. The smallest absolute Gasteiger partial charge is 0.231 e. The molecule has 6 heteroatoms. The first kappa shape index (κ1) is 15.3. The van der Waals surface area contributed by atoms with E-state index in [-0.39, 0.29) is 6.79 Å². The van der Waals surface area contributed by atoms with E-state index in [9.17, 15) is 0 Å². The maximum absolute atomic E-state index is 5.50. The van der Waals surface area contributed by atoms with Crippen LogP contribution in [0.2, 0.25) is 0 Å². The largest absolute Gasteiger partial charge is 0.454 e. The van der Waals surface area contributed by atoms with Crippen molar-refractivity contribution >= 4 is 16.6 Å². The van der Waals surface area contributed by atoms with Crippen LogP contribution < -0.4 is 9.47 Å². The van der Waals surface area contributed by atoms with E-state index in [4.69, 9.17) is 9.47 Å². The fraction of sp³-hybridized carbons (Fsp3) is 0.0909. The van der Waals surface area contributed by atoms with Crippen LogP contribution in [0.25, 0.3) is 39.1 Å². The Morgan fingerprint density at radius 3 is 2.75 bits per heavy atom. The summed E-state index contributed by atoms with van der Waals surface area (Å²) >= 11 is 0. The predicted octanol–water partition coefficient (Wildman–Crippen LogP) is 4.28. The van der Waals surface area contributed by atoms with Crippen molar-refractivity contribution in [2.24, 2.45) is 7.05 Å². The molecule has 28 heavy (non-hydrogen) atoms. The summed E-state index contributed by atoms with van der Waals surface area (Å²) in [7, 11) is 2.06. The monoisotopic (exact) mass is 368 g/mol. The van der Waals surface area contributed by atoms with Gasteiger partial charge in [0.05, 0.1) is 23.8 Å². The Bertz CT molecular complexity index is 1370. The number of ether oxygens (including phenoxy) is 2. The molecule has 0 bridgehead atoms. The van der Waals surface area contributed by atoms with Crippen molar-refractivity contribution in [3.05, 3.63) is 67.3 Å². The van der Waals surface area contributed by atoms with Crippen molar-refractivity contribution in [3.8, 4) is 34.0 Å². The molecule has 0 fully saturated rings. The maximum Gasteiger partial charge on any atom is 0.231 e. The summed E-state index contributed by atoms with van der Waals surface area (Å²) in [5.74, 6) is 1.52. The van der Waals surface area contributed by atoms with E-state index in [2.05, 4.69) is 56.4 Å². The molecule has 3 aromatic heterocycles. The summed E-state index contributed by atoms with van der Waals surface area (Å²) in [4.78, 5) is 9.10. The van der Waals surface area contributed by atoms with Gasteiger partial charge in [0, 0.05) is 41.5 Å². The normalized spacial score (nSPS) is 12.9. The highest BCUT2D eigenvalue weighted by molar-refractivity contribution is 5.85. The predicted molar refractivity (Wildman–Crippen MR) is 106 cm³/mol. The molecular formula is C22H16N4O2. The number of fused-ring (bicyclic) bond motifs is 3. The highest BCUT2D eigenvalue weighted by Gasteiger charge is 2.15.